The van der Waals surface area contributed by atoms with Crippen LogP contribution in [0.25, 0.3) is 10.8 Å². The fourth-order valence-electron chi connectivity index (χ4n) is 1.86. The van der Waals surface area contributed by atoms with E-state index in [0.717, 1.165) is 4.88 Å². The minimum absolute atomic E-state index is 0.0722. The van der Waals surface area contributed by atoms with E-state index in [1.54, 1.807) is 11.3 Å². The van der Waals surface area contributed by atoms with Crippen LogP contribution < -0.4 is 0 Å². The first kappa shape index (κ1) is 13.7. The Bertz CT molecular complexity index is 586. The Morgan fingerprint density at radius 2 is 2.16 bits per heavy atom. The lowest BCUT2D eigenvalue weighted by molar-refractivity contribution is -0.139. The van der Waals surface area contributed by atoms with Crippen molar-refractivity contribution in [1.82, 2.24) is 10.2 Å². The van der Waals surface area contributed by atoms with E-state index in [4.69, 9.17) is 9.52 Å². The van der Waals surface area contributed by atoms with Crippen LogP contribution in [0.15, 0.2) is 16.5 Å². The van der Waals surface area contributed by atoms with E-state index in [1.807, 2.05) is 32.9 Å². The zero-order valence-corrected chi connectivity index (χ0v) is 12.0. The van der Waals surface area contributed by atoms with E-state index in [2.05, 4.69) is 10.2 Å². The lowest BCUT2D eigenvalue weighted by Crippen LogP contribution is -2.19. The van der Waals surface area contributed by atoms with Crippen LogP contribution in [0.5, 0.6) is 0 Å². The van der Waals surface area contributed by atoms with Gasteiger partial charge in [0.25, 0.3) is 5.89 Å². The molecule has 0 aromatic carbocycles. The average molecular weight is 280 g/mol. The standard InChI is InChI=1S/C13H16N2O3S/c1-8-4-5-9(19-8)12-15-14-10(18-12)6-13(2,3)7-11(16)17/h4-5H,6-7H2,1-3H3,(H,16,17). The van der Waals surface area contributed by atoms with Gasteiger partial charge in [-0.15, -0.1) is 21.5 Å². The highest BCUT2D eigenvalue weighted by Gasteiger charge is 2.25. The second-order valence-corrected chi connectivity index (χ2v) is 6.61. The first-order valence-corrected chi connectivity index (χ1v) is 6.78. The van der Waals surface area contributed by atoms with Gasteiger partial charge >= 0.3 is 5.97 Å². The van der Waals surface area contributed by atoms with E-state index in [-0.39, 0.29) is 6.42 Å². The summed E-state index contributed by atoms with van der Waals surface area (Å²) in [7, 11) is 0. The van der Waals surface area contributed by atoms with Gasteiger partial charge in [-0.2, -0.15) is 0 Å². The molecule has 0 aliphatic carbocycles. The predicted molar refractivity (Wildman–Crippen MR) is 72.1 cm³/mol. The molecular formula is C13H16N2O3S. The zero-order valence-electron chi connectivity index (χ0n) is 11.1. The summed E-state index contributed by atoms with van der Waals surface area (Å²) in [6.07, 6.45) is 0.527. The molecule has 5 nitrogen and oxygen atoms in total. The first-order chi connectivity index (χ1) is 8.85. The molecule has 2 rings (SSSR count). The minimum Gasteiger partial charge on any atom is -0.481 e. The van der Waals surface area contributed by atoms with Crippen LogP contribution in [0.1, 0.15) is 31.0 Å². The molecule has 0 aliphatic rings. The highest BCUT2D eigenvalue weighted by atomic mass is 32.1. The summed E-state index contributed by atoms with van der Waals surface area (Å²) in [4.78, 5) is 12.9. The smallest absolute Gasteiger partial charge is 0.303 e. The highest BCUT2D eigenvalue weighted by molar-refractivity contribution is 7.15. The van der Waals surface area contributed by atoms with E-state index >= 15 is 0 Å². The average Bonchev–Trinajstić information content (AvgIpc) is 2.84. The van der Waals surface area contributed by atoms with Crippen LogP contribution in [0.2, 0.25) is 0 Å². The number of thiophene rings is 1. The monoisotopic (exact) mass is 280 g/mol. The predicted octanol–water partition coefficient (Wildman–Crippen LogP) is 3.15. The van der Waals surface area contributed by atoms with E-state index in [1.165, 1.54) is 4.88 Å². The van der Waals surface area contributed by atoms with Crippen molar-refractivity contribution in [3.63, 3.8) is 0 Å². The third kappa shape index (κ3) is 3.64. The quantitative estimate of drug-likeness (QED) is 0.910. The van der Waals surface area contributed by atoms with Crippen molar-refractivity contribution in [2.45, 2.75) is 33.6 Å². The van der Waals surface area contributed by atoms with Crippen LogP contribution in [-0.4, -0.2) is 21.3 Å². The molecule has 6 heteroatoms. The number of nitrogens with zero attached hydrogens (tertiary/aromatic N) is 2. The SMILES string of the molecule is Cc1ccc(-c2nnc(CC(C)(C)CC(=O)O)o2)s1. The minimum atomic E-state index is -0.821. The topological polar surface area (TPSA) is 76.2 Å². The number of aryl methyl sites for hydroxylation is 1. The summed E-state index contributed by atoms with van der Waals surface area (Å²) in [6, 6.07) is 3.94. The summed E-state index contributed by atoms with van der Waals surface area (Å²) >= 11 is 1.59. The number of hydrogen-bond donors (Lipinski definition) is 1. The molecule has 0 saturated carbocycles. The highest BCUT2D eigenvalue weighted by Crippen LogP contribution is 2.29. The van der Waals surface area contributed by atoms with E-state index in [9.17, 15) is 4.79 Å². The zero-order chi connectivity index (χ0) is 14.0. The number of carboxylic acid groups (broad SMARTS) is 1. The molecule has 0 amide bonds. The molecule has 0 atom stereocenters. The normalized spacial score (nSPS) is 11.7. The van der Waals surface area contributed by atoms with Gasteiger partial charge in [0.1, 0.15) is 0 Å². The Kier molecular flexibility index (Phi) is 3.71. The van der Waals surface area contributed by atoms with Crippen LogP contribution in [0.4, 0.5) is 0 Å². The van der Waals surface area contributed by atoms with Gasteiger partial charge in [0.15, 0.2) is 0 Å². The summed E-state index contributed by atoms with van der Waals surface area (Å²) in [5.41, 5.74) is -0.402. The molecule has 2 aromatic rings. The van der Waals surface area contributed by atoms with Gasteiger partial charge in [0, 0.05) is 11.3 Å². The van der Waals surface area contributed by atoms with Gasteiger partial charge in [-0.05, 0) is 24.5 Å². The van der Waals surface area contributed by atoms with Crippen molar-refractivity contribution in [2.24, 2.45) is 5.41 Å². The van der Waals surface area contributed by atoms with E-state index in [0.29, 0.717) is 18.2 Å². The van der Waals surface area contributed by atoms with Gasteiger partial charge in [0.05, 0.1) is 11.3 Å². The number of aliphatic carboxylic acids is 1. The third-order valence-corrected chi connectivity index (χ3v) is 3.67. The second-order valence-electron chi connectivity index (χ2n) is 5.32. The Labute approximate surface area is 115 Å². The maximum atomic E-state index is 10.8. The summed E-state index contributed by atoms with van der Waals surface area (Å²) in [5.74, 6) is 0.158. The summed E-state index contributed by atoms with van der Waals surface area (Å²) in [5, 5.41) is 16.8. The summed E-state index contributed by atoms with van der Waals surface area (Å²) < 4.78 is 5.60. The largest absolute Gasteiger partial charge is 0.481 e. The van der Waals surface area contributed by atoms with Crippen molar-refractivity contribution in [3.8, 4) is 10.8 Å². The molecule has 1 N–H and O–H groups in total. The Balaban J connectivity index is 2.11. The fraction of sp³-hybridized carbons (Fsp3) is 0.462. The number of carbonyl (C=O) groups is 1. The Morgan fingerprint density at radius 3 is 2.74 bits per heavy atom. The molecule has 0 bridgehead atoms. The number of rotatable bonds is 5. The number of hydrogen-bond acceptors (Lipinski definition) is 5. The van der Waals surface area contributed by atoms with Crippen molar-refractivity contribution < 1.29 is 14.3 Å². The first-order valence-electron chi connectivity index (χ1n) is 5.97. The van der Waals surface area contributed by atoms with Crippen LogP contribution in [-0.2, 0) is 11.2 Å². The van der Waals surface area contributed by atoms with Crippen molar-refractivity contribution in [3.05, 3.63) is 22.9 Å². The van der Waals surface area contributed by atoms with Gasteiger partial charge in [0.2, 0.25) is 5.89 Å². The molecule has 0 unspecified atom stereocenters. The van der Waals surface area contributed by atoms with Gasteiger partial charge < -0.3 is 9.52 Å². The van der Waals surface area contributed by atoms with Crippen LogP contribution >= 0.6 is 11.3 Å². The van der Waals surface area contributed by atoms with E-state index < -0.39 is 11.4 Å². The molecular weight excluding hydrogens is 264 g/mol. The lowest BCUT2D eigenvalue weighted by Gasteiger charge is -2.19. The van der Waals surface area contributed by atoms with Crippen LogP contribution in [0, 0.1) is 12.3 Å². The summed E-state index contributed by atoms with van der Waals surface area (Å²) in [6.45, 7) is 5.77. The van der Waals surface area contributed by atoms with Gasteiger partial charge in [-0.25, -0.2) is 0 Å². The number of carboxylic acids is 1. The van der Waals surface area contributed by atoms with Crippen LogP contribution in [0.3, 0.4) is 0 Å². The molecule has 2 heterocycles. The molecule has 0 spiro atoms. The Hall–Kier alpha value is -1.69. The molecule has 102 valence electrons. The van der Waals surface area contributed by atoms with Gasteiger partial charge in [-0.3, -0.25) is 4.79 Å². The fourth-order valence-corrected chi connectivity index (χ4v) is 2.64. The van der Waals surface area contributed by atoms with Crippen molar-refractivity contribution in [2.75, 3.05) is 0 Å². The molecule has 19 heavy (non-hydrogen) atoms. The molecule has 0 radical (unpaired) electrons. The number of aromatic nitrogens is 2. The third-order valence-electron chi connectivity index (χ3n) is 2.68. The van der Waals surface area contributed by atoms with Crippen molar-refractivity contribution in [1.29, 1.82) is 0 Å². The van der Waals surface area contributed by atoms with Crippen molar-refractivity contribution >= 4 is 17.3 Å². The molecule has 0 saturated heterocycles. The molecule has 0 fully saturated rings. The molecule has 0 aliphatic heterocycles. The Morgan fingerprint density at radius 1 is 1.42 bits per heavy atom. The second kappa shape index (κ2) is 5.13. The lowest BCUT2D eigenvalue weighted by atomic mass is 9.86. The maximum Gasteiger partial charge on any atom is 0.303 e. The molecule has 2 aromatic heterocycles. The maximum absolute atomic E-state index is 10.8. The van der Waals surface area contributed by atoms with Gasteiger partial charge in [-0.1, -0.05) is 13.8 Å².